The van der Waals surface area contributed by atoms with E-state index in [1.807, 2.05) is 0 Å². The van der Waals surface area contributed by atoms with Crippen LogP contribution in [0.3, 0.4) is 0 Å². The van der Waals surface area contributed by atoms with Crippen molar-refractivity contribution in [2.45, 2.75) is 26.3 Å². The topological polar surface area (TPSA) is 80.6 Å². The summed E-state index contributed by atoms with van der Waals surface area (Å²) in [6, 6.07) is 15.5. The predicted octanol–water partition coefficient (Wildman–Crippen LogP) is 5.40. The molecular weight excluding hydrogens is 448 g/mol. The van der Waals surface area contributed by atoms with Crippen LogP contribution in [0.5, 0.6) is 5.75 Å². The molecule has 2 N–H and O–H groups in total. The van der Waals surface area contributed by atoms with Crippen molar-refractivity contribution in [3.63, 3.8) is 0 Å². The molecule has 0 saturated carbocycles. The van der Waals surface area contributed by atoms with E-state index in [0.29, 0.717) is 41.5 Å². The molecule has 0 aliphatic rings. The summed E-state index contributed by atoms with van der Waals surface area (Å²) in [6.45, 7) is 3.03. The van der Waals surface area contributed by atoms with Crippen molar-refractivity contribution in [1.29, 1.82) is 0 Å². The average molecular weight is 471 g/mol. The molecule has 0 spiro atoms. The Morgan fingerprint density at radius 3 is 2.60 bits per heavy atom. The van der Waals surface area contributed by atoms with E-state index in [2.05, 4.69) is 33.5 Å². The van der Waals surface area contributed by atoms with Crippen molar-refractivity contribution < 1.29 is 18.7 Å². The second-order valence-corrected chi connectivity index (χ2v) is 7.50. The van der Waals surface area contributed by atoms with E-state index >= 15 is 0 Å². The molecule has 30 heavy (non-hydrogen) atoms. The molecular formula is C23H23BrN2O4. The van der Waals surface area contributed by atoms with Crippen LogP contribution in [-0.2, 0) is 6.54 Å². The highest BCUT2D eigenvalue weighted by molar-refractivity contribution is 9.10. The van der Waals surface area contributed by atoms with Gasteiger partial charge < -0.3 is 19.8 Å². The number of ether oxygens (including phenoxy) is 1. The number of anilines is 1. The van der Waals surface area contributed by atoms with Crippen LogP contribution in [0.1, 0.15) is 46.2 Å². The Balaban J connectivity index is 1.61. The Kier molecular flexibility index (Phi) is 7.68. The zero-order valence-corrected chi connectivity index (χ0v) is 18.2. The smallest absolute Gasteiger partial charge is 0.255 e. The van der Waals surface area contributed by atoms with Gasteiger partial charge in [0.25, 0.3) is 11.8 Å². The maximum absolute atomic E-state index is 12.6. The predicted molar refractivity (Wildman–Crippen MR) is 119 cm³/mol. The number of hydrogen-bond donors (Lipinski definition) is 2. The quantitative estimate of drug-likeness (QED) is 0.410. The largest absolute Gasteiger partial charge is 0.492 e. The lowest BCUT2D eigenvalue weighted by Crippen LogP contribution is -2.22. The third-order valence-corrected chi connectivity index (χ3v) is 4.96. The minimum atomic E-state index is -0.274. The van der Waals surface area contributed by atoms with E-state index < -0.39 is 0 Å². The summed E-state index contributed by atoms with van der Waals surface area (Å²) in [7, 11) is 0. The van der Waals surface area contributed by atoms with Gasteiger partial charge in [0, 0.05) is 16.8 Å². The summed E-state index contributed by atoms with van der Waals surface area (Å²) in [5.41, 5.74) is 1.46. The van der Waals surface area contributed by atoms with Crippen molar-refractivity contribution >= 4 is 33.4 Å². The fraction of sp³-hybridized carbons (Fsp3) is 0.217. The van der Waals surface area contributed by atoms with Crippen LogP contribution in [0, 0.1) is 0 Å². The molecule has 1 aromatic heterocycles. The van der Waals surface area contributed by atoms with E-state index in [4.69, 9.17) is 9.15 Å². The Bertz CT molecular complexity index is 1000. The lowest BCUT2D eigenvalue weighted by Gasteiger charge is -2.11. The van der Waals surface area contributed by atoms with Crippen LogP contribution < -0.4 is 15.4 Å². The molecule has 0 aliphatic carbocycles. The molecule has 1 heterocycles. The van der Waals surface area contributed by atoms with Gasteiger partial charge in [-0.25, -0.2) is 0 Å². The van der Waals surface area contributed by atoms with Crippen molar-refractivity contribution in [2.75, 3.05) is 11.9 Å². The van der Waals surface area contributed by atoms with E-state index in [9.17, 15) is 9.59 Å². The van der Waals surface area contributed by atoms with E-state index in [1.54, 1.807) is 60.9 Å². The normalized spacial score (nSPS) is 10.5. The Morgan fingerprint density at radius 1 is 1.03 bits per heavy atom. The van der Waals surface area contributed by atoms with Gasteiger partial charge in [0.05, 0.1) is 23.9 Å². The van der Waals surface area contributed by atoms with Crippen molar-refractivity contribution in [1.82, 2.24) is 5.32 Å². The van der Waals surface area contributed by atoms with Gasteiger partial charge in [0.1, 0.15) is 11.5 Å². The fourth-order valence-corrected chi connectivity index (χ4v) is 3.20. The summed E-state index contributed by atoms with van der Waals surface area (Å²) in [6.07, 6.45) is 3.58. The lowest BCUT2D eigenvalue weighted by molar-refractivity contribution is 0.0946. The minimum absolute atomic E-state index is 0.251. The summed E-state index contributed by atoms with van der Waals surface area (Å²) in [4.78, 5) is 25.0. The molecule has 0 unspecified atom stereocenters. The van der Waals surface area contributed by atoms with Crippen LogP contribution in [0.2, 0.25) is 0 Å². The molecule has 2 aromatic carbocycles. The monoisotopic (exact) mass is 470 g/mol. The number of rotatable bonds is 9. The number of hydrogen-bond acceptors (Lipinski definition) is 4. The van der Waals surface area contributed by atoms with Gasteiger partial charge in [-0.05, 0) is 70.9 Å². The Labute approximate surface area is 183 Å². The molecule has 6 nitrogen and oxygen atoms in total. The number of furan rings is 1. The zero-order chi connectivity index (χ0) is 21.3. The zero-order valence-electron chi connectivity index (χ0n) is 16.6. The molecule has 0 atom stereocenters. The first-order chi connectivity index (χ1) is 14.6. The van der Waals surface area contributed by atoms with Crippen molar-refractivity contribution in [3.05, 3.63) is 82.2 Å². The van der Waals surface area contributed by atoms with Crippen LogP contribution in [0.15, 0.2) is 69.8 Å². The maximum Gasteiger partial charge on any atom is 0.255 e. The van der Waals surface area contributed by atoms with E-state index in [0.717, 1.165) is 17.3 Å². The van der Waals surface area contributed by atoms with Crippen LogP contribution in [0.4, 0.5) is 5.69 Å². The molecule has 0 fully saturated rings. The van der Waals surface area contributed by atoms with Crippen molar-refractivity contribution in [2.24, 2.45) is 0 Å². The number of carbonyl (C=O) groups is 2. The minimum Gasteiger partial charge on any atom is -0.492 e. The van der Waals surface area contributed by atoms with Gasteiger partial charge in [-0.2, -0.15) is 0 Å². The first kappa shape index (κ1) is 21.6. The van der Waals surface area contributed by atoms with E-state index in [-0.39, 0.29) is 11.8 Å². The number of halogens is 1. The number of amides is 2. The summed E-state index contributed by atoms with van der Waals surface area (Å²) in [5.74, 6) is 0.846. The van der Waals surface area contributed by atoms with Crippen LogP contribution >= 0.6 is 15.9 Å². The standard InChI is InChI=1S/C23H23BrN2O4/c1-2-3-11-30-21-10-9-17(14-20(21)24)23(28)26-18-7-4-6-16(13-18)22(27)25-15-19-8-5-12-29-19/h4-10,12-14H,2-3,11,15H2,1H3,(H,25,27)(H,26,28). The van der Waals surface area contributed by atoms with Gasteiger partial charge in [0.15, 0.2) is 0 Å². The highest BCUT2D eigenvalue weighted by atomic mass is 79.9. The van der Waals surface area contributed by atoms with E-state index in [1.165, 1.54) is 0 Å². The molecule has 156 valence electrons. The molecule has 7 heteroatoms. The first-order valence-electron chi connectivity index (χ1n) is 9.71. The van der Waals surface area contributed by atoms with Gasteiger partial charge in [0.2, 0.25) is 0 Å². The van der Waals surface area contributed by atoms with Crippen molar-refractivity contribution in [3.8, 4) is 5.75 Å². The number of carbonyl (C=O) groups excluding carboxylic acids is 2. The molecule has 0 bridgehead atoms. The Morgan fingerprint density at radius 2 is 1.87 bits per heavy atom. The number of unbranched alkanes of at least 4 members (excludes halogenated alkanes) is 1. The second-order valence-electron chi connectivity index (χ2n) is 6.64. The van der Waals surface area contributed by atoms with Gasteiger partial charge in [-0.15, -0.1) is 0 Å². The summed E-state index contributed by atoms with van der Waals surface area (Å²) >= 11 is 3.45. The molecule has 0 aliphatic heterocycles. The molecule has 0 radical (unpaired) electrons. The maximum atomic E-state index is 12.6. The molecule has 3 aromatic rings. The highest BCUT2D eigenvalue weighted by Crippen LogP contribution is 2.26. The number of benzene rings is 2. The average Bonchev–Trinajstić information content (AvgIpc) is 3.27. The summed E-state index contributed by atoms with van der Waals surface area (Å²) < 4.78 is 11.6. The fourth-order valence-electron chi connectivity index (χ4n) is 2.71. The third-order valence-electron chi connectivity index (χ3n) is 4.34. The summed E-state index contributed by atoms with van der Waals surface area (Å²) in [5, 5.41) is 5.61. The highest BCUT2D eigenvalue weighted by Gasteiger charge is 2.12. The Hall–Kier alpha value is -3.06. The van der Waals surface area contributed by atoms with Gasteiger partial charge in [-0.1, -0.05) is 19.4 Å². The van der Waals surface area contributed by atoms with Gasteiger partial charge in [-0.3, -0.25) is 9.59 Å². The van der Waals surface area contributed by atoms with Crippen LogP contribution in [0.25, 0.3) is 0 Å². The van der Waals surface area contributed by atoms with Gasteiger partial charge >= 0.3 is 0 Å². The second kappa shape index (κ2) is 10.6. The SMILES string of the molecule is CCCCOc1ccc(C(=O)Nc2cccc(C(=O)NCc3ccco3)c2)cc1Br. The number of nitrogens with one attached hydrogen (secondary N) is 2. The lowest BCUT2D eigenvalue weighted by atomic mass is 10.1. The first-order valence-corrected chi connectivity index (χ1v) is 10.5. The molecule has 3 rings (SSSR count). The molecule has 2 amide bonds. The molecule has 0 saturated heterocycles. The third kappa shape index (κ3) is 5.97. The van der Waals surface area contributed by atoms with Crippen LogP contribution in [-0.4, -0.2) is 18.4 Å².